The van der Waals surface area contributed by atoms with Crippen LogP contribution in [0.25, 0.3) is 0 Å². The van der Waals surface area contributed by atoms with E-state index >= 15 is 0 Å². The van der Waals surface area contributed by atoms with Crippen molar-refractivity contribution in [2.24, 2.45) is 0 Å². The number of sulfonamides is 1. The summed E-state index contributed by atoms with van der Waals surface area (Å²) in [5, 5.41) is 3.20. The Hall–Kier alpha value is -3.17. The van der Waals surface area contributed by atoms with Gasteiger partial charge in [0, 0.05) is 4.88 Å². The molecular formula is C25H26N2O5S2. The van der Waals surface area contributed by atoms with Gasteiger partial charge in [-0.15, -0.1) is 11.3 Å². The van der Waals surface area contributed by atoms with Crippen LogP contribution in [0.5, 0.6) is 0 Å². The zero-order chi connectivity index (χ0) is 24.3. The van der Waals surface area contributed by atoms with Crippen molar-refractivity contribution in [3.8, 4) is 0 Å². The van der Waals surface area contributed by atoms with Crippen molar-refractivity contribution in [3.63, 3.8) is 0 Å². The molecule has 178 valence electrons. The zero-order valence-electron chi connectivity index (χ0n) is 19.0. The van der Waals surface area contributed by atoms with Gasteiger partial charge in [-0.2, -0.15) is 0 Å². The quantitative estimate of drug-likeness (QED) is 0.460. The first-order valence-corrected chi connectivity index (χ1v) is 13.3. The van der Waals surface area contributed by atoms with Crippen molar-refractivity contribution in [3.05, 3.63) is 76.2 Å². The van der Waals surface area contributed by atoms with Gasteiger partial charge < -0.3 is 10.1 Å². The van der Waals surface area contributed by atoms with Crippen molar-refractivity contribution in [1.82, 2.24) is 0 Å². The lowest BCUT2D eigenvalue weighted by molar-refractivity contribution is -0.114. The average Bonchev–Trinajstić information content (AvgIpc) is 3.39. The van der Waals surface area contributed by atoms with E-state index in [1.54, 1.807) is 43.3 Å². The number of hydrogen-bond donors (Lipinski definition) is 1. The number of esters is 1. The van der Waals surface area contributed by atoms with E-state index < -0.39 is 28.4 Å². The molecule has 0 spiro atoms. The normalized spacial score (nSPS) is 12.8. The Kier molecular flexibility index (Phi) is 7.04. The molecule has 4 rings (SSSR count). The van der Waals surface area contributed by atoms with Gasteiger partial charge in [-0.25, -0.2) is 13.2 Å². The van der Waals surface area contributed by atoms with Gasteiger partial charge in [0.1, 0.15) is 11.5 Å². The molecule has 1 N–H and O–H groups in total. The number of benzene rings is 2. The molecule has 0 radical (unpaired) electrons. The van der Waals surface area contributed by atoms with Crippen LogP contribution in [-0.4, -0.2) is 33.4 Å². The van der Waals surface area contributed by atoms with Crippen molar-refractivity contribution >= 4 is 43.9 Å². The molecule has 9 heteroatoms. The number of fused-ring (bicyclic) bond motifs is 1. The second kappa shape index (κ2) is 9.99. The molecule has 1 aliphatic carbocycles. The monoisotopic (exact) mass is 498 g/mol. The van der Waals surface area contributed by atoms with Crippen LogP contribution < -0.4 is 9.62 Å². The third kappa shape index (κ3) is 4.85. The molecule has 34 heavy (non-hydrogen) atoms. The molecule has 3 aromatic rings. The Morgan fingerprint density at radius 1 is 1.09 bits per heavy atom. The van der Waals surface area contributed by atoms with Crippen molar-refractivity contribution < 1.29 is 22.7 Å². The fraction of sp³-hybridized carbons (Fsp3) is 0.280. The molecule has 0 saturated heterocycles. The molecule has 1 amide bonds. The summed E-state index contributed by atoms with van der Waals surface area (Å²) in [4.78, 5) is 26.9. The Morgan fingerprint density at radius 3 is 2.56 bits per heavy atom. The van der Waals surface area contributed by atoms with Crippen molar-refractivity contribution in [2.75, 3.05) is 22.8 Å². The van der Waals surface area contributed by atoms with E-state index in [4.69, 9.17) is 4.74 Å². The molecule has 0 aliphatic heterocycles. The number of hydrogen-bond acceptors (Lipinski definition) is 6. The second-order valence-electron chi connectivity index (χ2n) is 7.99. The molecule has 1 aliphatic rings. The third-order valence-corrected chi connectivity index (χ3v) is 8.56. The highest BCUT2D eigenvalue weighted by molar-refractivity contribution is 7.92. The van der Waals surface area contributed by atoms with Gasteiger partial charge in [0.25, 0.3) is 10.0 Å². The lowest BCUT2D eigenvalue weighted by atomic mass is 10.1. The molecule has 7 nitrogen and oxygen atoms in total. The highest BCUT2D eigenvalue weighted by atomic mass is 32.2. The Balaban J connectivity index is 1.66. The van der Waals surface area contributed by atoms with Crippen LogP contribution in [-0.2, 0) is 32.4 Å². The number of aryl methyl sites for hydroxylation is 2. The summed E-state index contributed by atoms with van der Waals surface area (Å²) in [5.41, 5.74) is 2.57. The van der Waals surface area contributed by atoms with Crippen LogP contribution >= 0.6 is 11.3 Å². The minimum absolute atomic E-state index is 0.0895. The van der Waals surface area contributed by atoms with Crippen LogP contribution in [0.1, 0.15) is 39.7 Å². The van der Waals surface area contributed by atoms with Crippen LogP contribution in [0.4, 0.5) is 10.7 Å². The molecular weight excluding hydrogens is 472 g/mol. The smallest absolute Gasteiger partial charge is 0.341 e. The number of carbonyl (C=O) groups is 2. The van der Waals surface area contributed by atoms with Crippen LogP contribution in [0, 0.1) is 6.92 Å². The first kappa shape index (κ1) is 24.0. The summed E-state index contributed by atoms with van der Waals surface area (Å²) in [7, 11) is -4.01. The van der Waals surface area contributed by atoms with Gasteiger partial charge in [-0.3, -0.25) is 9.10 Å². The van der Waals surface area contributed by atoms with E-state index in [2.05, 4.69) is 5.32 Å². The molecule has 0 saturated carbocycles. The first-order valence-electron chi connectivity index (χ1n) is 11.1. The lowest BCUT2D eigenvalue weighted by Gasteiger charge is -2.24. The summed E-state index contributed by atoms with van der Waals surface area (Å²) >= 11 is 1.36. The van der Waals surface area contributed by atoms with Gasteiger partial charge in [0.2, 0.25) is 5.91 Å². The highest BCUT2D eigenvalue weighted by Gasteiger charge is 2.31. The Morgan fingerprint density at radius 2 is 1.85 bits per heavy atom. The van der Waals surface area contributed by atoms with Crippen LogP contribution in [0.2, 0.25) is 0 Å². The third-order valence-electron chi connectivity index (χ3n) is 5.56. The van der Waals surface area contributed by atoms with E-state index in [-0.39, 0.29) is 11.5 Å². The molecule has 0 bridgehead atoms. The van der Waals surface area contributed by atoms with E-state index in [1.165, 1.54) is 23.5 Å². The topological polar surface area (TPSA) is 92.8 Å². The second-order valence-corrected chi connectivity index (χ2v) is 11.0. The number of amides is 1. The molecule has 1 aromatic heterocycles. The van der Waals surface area contributed by atoms with E-state index in [9.17, 15) is 18.0 Å². The maximum absolute atomic E-state index is 13.5. The predicted molar refractivity (Wildman–Crippen MR) is 133 cm³/mol. The summed E-state index contributed by atoms with van der Waals surface area (Å²) in [6.07, 6.45) is 2.56. The average molecular weight is 499 g/mol. The largest absolute Gasteiger partial charge is 0.462 e. The van der Waals surface area contributed by atoms with Gasteiger partial charge in [-0.1, -0.05) is 30.3 Å². The van der Waals surface area contributed by atoms with Crippen molar-refractivity contribution in [1.29, 1.82) is 0 Å². The number of nitrogens with one attached hydrogen (secondary N) is 1. The number of ether oxygens (including phenoxy) is 1. The van der Waals surface area contributed by atoms with Crippen molar-refractivity contribution in [2.45, 2.75) is 38.0 Å². The van der Waals surface area contributed by atoms with Gasteiger partial charge in [0.15, 0.2) is 0 Å². The van der Waals surface area contributed by atoms with Gasteiger partial charge in [0.05, 0.1) is 22.8 Å². The maximum atomic E-state index is 13.5. The number of carbonyl (C=O) groups excluding carboxylic acids is 2. The number of anilines is 2. The highest BCUT2D eigenvalue weighted by Crippen LogP contribution is 2.39. The Bertz CT molecular complexity index is 1320. The molecule has 0 atom stereocenters. The minimum atomic E-state index is -4.01. The van der Waals surface area contributed by atoms with Crippen LogP contribution in [0.15, 0.2) is 59.5 Å². The summed E-state index contributed by atoms with van der Waals surface area (Å²) in [6, 6.07) is 15.0. The first-order chi connectivity index (χ1) is 16.3. The number of thiophene rings is 1. The summed E-state index contributed by atoms with van der Waals surface area (Å²) < 4.78 is 33.3. The van der Waals surface area contributed by atoms with E-state index in [0.717, 1.165) is 39.6 Å². The van der Waals surface area contributed by atoms with Gasteiger partial charge in [-0.05, 0) is 68.5 Å². The molecule has 1 heterocycles. The molecule has 2 aromatic carbocycles. The summed E-state index contributed by atoms with van der Waals surface area (Å²) in [6.45, 7) is 3.38. The predicted octanol–water partition coefficient (Wildman–Crippen LogP) is 4.56. The minimum Gasteiger partial charge on any atom is -0.462 e. The van der Waals surface area contributed by atoms with Gasteiger partial charge >= 0.3 is 5.97 Å². The number of nitrogens with zero attached hydrogens (tertiary/aromatic N) is 1. The van der Waals surface area contributed by atoms with E-state index in [0.29, 0.717) is 16.3 Å². The standard InChI is InChI=1S/C25H26N2O5S2/c1-3-32-25(29)23-20-13-8-14-21(20)33-24(23)26-22(28)16-27(18-10-7-9-17(2)15-18)34(30,31)19-11-5-4-6-12-19/h4-7,9-12,15H,3,8,13-14,16H2,1-2H3,(H,26,28). The number of rotatable bonds is 8. The van der Waals surface area contributed by atoms with E-state index in [1.807, 2.05) is 13.0 Å². The lowest BCUT2D eigenvalue weighted by Crippen LogP contribution is -2.38. The summed E-state index contributed by atoms with van der Waals surface area (Å²) in [5.74, 6) is -1.00. The Labute approximate surface area is 203 Å². The maximum Gasteiger partial charge on any atom is 0.341 e. The fourth-order valence-electron chi connectivity index (χ4n) is 4.03. The zero-order valence-corrected chi connectivity index (χ0v) is 20.7. The molecule has 0 unspecified atom stereocenters. The van der Waals surface area contributed by atoms with Crippen LogP contribution in [0.3, 0.4) is 0 Å². The fourth-order valence-corrected chi connectivity index (χ4v) is 6.75. The molecule has 0 fully saturated rings. The SMILES string of the molecule is CCOC(=O)c1c(NC(=O)CN(c2cccc(C)c2)S(=O)(=O)c2ccccc2)sc2c1CCC2.